The number of pyridine rings is 1. The van der Waals surface area contributed by atoms with Gasteiger partial charge in [-0.3, -0.25) is 9.80 Å². The Morgan fingerprint density at radius 2 is 1.63 bits per heavy atom. The van der Waals surface area contributed by atoms with Crippen molar-refractivity contribution in [1.29, 1.82) is 0 Å². The van der Waals surface area contributed by atoms with Gasteiger partial charge < -0.3 is 4.79 Å². The second-order valence-electron chi connectivity index (χ2n) is 10.7. The van der Waals surface area contributed by atoms with E-state index in [2.05, 4.69) is 132 Å². The number of fused-ring (bicyclic) bond motifs is 1. The highest BCUT2D eigenvalue weighted by Gasteiger charge is 2.34. The van der Waals surface area contributed by atoms with E-state index in [0.717, 1.165) is 53.8 Å². The zero-order valence-corrected chi connectivity index (χ0v) is 24.2. The highest BCUT2D eigenvalue weighted by Crippen LogP contribution is 2.41. The van der Waals surface area contributed by atoms with Crippen molar-refractivity contribution in [3.8, 4) is 11.3 Å². The fourth-order valence-electron chi connectivity index (χ4n) is 5.84. The molecule has 206 valence electrons. The maximum atomic E-state index is 11.5. The lowest BCUT2D eigenvalue weighted by Gasteiger charge is -2.43. The molecular weight excluding hydrogens is 522 g/mol. The van der Waals surface area contributed by atoms with E-state index in [-0.39, 0.29) is 11.4 Å². The Balaban J connectivity index is 1.58. The minimum Gasteiger partial charge on any atom is -0.302 e. The Morgan fingerprint density at radius 3 is 2.37 bits per heavy atom. The van der Waals surface area contributed by atoms with E-state index >= 15 is 0 Å². The average Bonchev–Trinajstić information content (AvgIpc) is 3.02. The largest absolute Gasteiger partial charge is 0.302 e. The van der Waals surface area contributed by atoms with Crippen molar-refractivity contribution in [3.05, 3.63) is 138 Å². The molecule has 6 rings (SSSR count). The third kappa shape index (κ3) is 6.28. The Hall–Kier alpha value is -3.77. The zero-order chi connectivity index (χ0) is 28.0. The highest BCUT2D eigenvalue weighted by atomic mass is 32.2. The number of hydrogen-bond acceptors (Lipinski definition) is 5. The molecule has 2 heterocycles. The van der Waals surface area contributed by atoms with Gasteiger partial charge in [0.15, 0.2) is 0 Å². The van der Waals surface area contributed by atoms with E-state index < -0.39 is 0 Å². The van der Waals surface area contributed by atoms with Crippen molar-refractivity contribution in [2.45, 2.75) is 24.9 Å². The molecular formula is C36H35N3OS. The summed E-state index contributed by atoms with van der Waals surface area (Å²) in [5, 5.41) is 1.35. The molecule has 0 bridgehead atoms. The second-order valence-corrected chi connectivity index (χ2v) is 12.0. The van der Waals surface area contributed by atoms with Gasteiger partial charge in [-0.15, -0.1) is 11.8 Å². The predicted octanol–water partition coefficient (Wildman–Crippen LogP) is 7.38. The van der Waals surface area contributed by atoms with Crippen LogP contribution in [-0.4, -0.2) is 51.8 Å². The molecule has 1 fully saturated rings. The van der Waals surface area contributed by atoms with E-state index in [0.29, 0.717) is 6.54 Å². The van der Waals surface area contributed by atoms with Crippen LogP contribution in [0.3, 0.4) is 0 Å². The number of benzene rings is 4. The number of carbonyl (C=O) groups is 1. The molecule has 0 amide bonds. The molecule has 2 unspecified atom stereocenters. The summed E-state index contributed by atoms with van der Waals surface area (Å²) in [5.74, 6) is 0.992. The quantitative estimate of drug-likeness (QED) is 0.177. The molecule has 41 heavy (non-hydrogen) atoms. The van der Waals surface area contributed by atoms with Crippen molar-refractivity contribution in [2.75, 3.05) is 25.4 Å². The first-order valence-electron chi connectivity index (χ1n) is 14.3. The lowest BCUT2D eigenvalue weighted by Crippen LogP contribution is -2.48. The number of aldehydes is 1. The summed E-state index contributed by atoms with van der Waals surface area (Å²) in [6, 6.07) is 41.0. The van der Waals surface area contributed by atoms with Crippen molar-refractivity contribution < 1.29 is 4.79 Å². The van der Waals surface area contributed by atoms with Crippen LogP contribution < -0.4 is 0 Å². The van der Waals surface area contributed by atoms with Gasteiger partial charge in [0.2, 0.25) is 0 Å². The Labute approximate surface area is 247 Å². The van der Waals surface area contributed by atoms with Gasteiger partial charge in [-0.05, 0) is 36.2 Å². The summed E-state index contributed by atoms with van der Waals surface area (Å²) in [4.78, 5) is 21.7. The van der Waals surface area contributed by atoms with Gasteiger partial charge in [0, 0.05) is 41.9 Å². The van der Waals surface area contributed by atoms with Gasteiger partial charge in [0.25, 0.3) is 0 Å². The fraction of sp³-hybridized carbons (Fsp3) is 0.222. The molecule has 0 radical (unpaired) electrons. The van der Waals surface area contributed by atoms with E-state index in [1.807, 2.05) is 11.8 Å². The number of rotatable bonds is 9. The number of aryl methyl sites for hydroxylation is 1. The lowest BCUT2D eigenvalue weighted by molar-refractivity contribution is -0.109. The smallest absolute Gasteiger partial charge is 0.133 e. The van der Waals surface area contributed by atoms with Crippen molar-refractivity contribution in [3.63, 3.8) is 0 Å². The van der Waals surface area contributed by atoms with Gasteiger partial charge in [0.1, 0.15) is 6.29 Å². The third-order valence-electron chi connectivity index (χ3n) is 7.83. The Morgan fingerprint density at radius 1 is 0.927 bits per heavy atom. The molecule has 4 nitrogen and oxygen atoms in total. The third-order valence-corrected chi connectivity index (χ3v) is 9.05. The molecule has 2 atom stereocenters. The molecule has 5 aromatic rings. The average molecular weight is 558 g/mol. The maximum absolute atomic E-state index is 11.5. The highest BCUT2D eigenvalue weighted by molar-refractivity contribution is 7.99. The van der Waals surface area contributed by atoms with Crippen LogP contribution in [0.25, 0.3) is 22.2 Å². The molecule has 0 saturated carbocycles. The number of carbonyl (C=O) groups excluding carboxylic acids is 1. The van der Waals surface area contributed by atoms with Crippen LogP contribution in [0.5, 0.6) is 0 Å². The summed E-state index contributed by atoms with van der Waals surface area (Å²) < 4.78 is 0. The van der Waals surface area contributed by atoms with Crippen LogP contribution in [0.2, 0.25) is 0 Å². The van der Waals surface area contributed by atoms with Gasteiger partial charge in [-0.2, -0.15) is 0 Å². The molecule has 5 heteroatoms. The SMILES string of the molecule is Cc1ccc2nc(-c3ccccc3)c(C(c3ccccc3)N(Cc3ccccc3)C3CN(CC=O)CCS3)cc2c1. The lowest BCUT2D eigenvalue weighted by atomic mass is 9.91. The Bertz CT molecular complexity index is 1590. The number of nitrogens with zero attached hydrogens (tertiary/aromatic N) is 3. The van der Waals surface area contributed by atoms with E-state index in [1.165, 1.54) is 22.3 Å². The van der Waals surface area contributed by atoms with Crippen molar-refractivity contribution in [1.82, 2.24) is 14.8 Å². The van der Waals surface area contributed by atoms with E-state index in [4.69, 9.17) is 4.98 Å². The van der Waals surface area contributed by atoms with Gasteiger partial charge in [-0.25, -0.2) is 4.98 Å². The summed E-state index contributed by atoms with van der Waals surface area (Å²) in [6.07, 6.45) is 1.03. The van der Waals surface area contributed by atoms with Crippen molar-refractivity contribution in [2.24, 2.45) is 0 Å². The molecule has 1 aliphatic rings. The van der Waals surface area contributed by atoms with Crippen LogP contribution in [-0.2, 0) is 11.3 Å². The van der Waals surface area contributed by atoms with Crippen LogP contribution in [0.15, 0.2) is 115 Å². The van der Waals surface area contributed by atoms with E-state index in [9.17, 15) is 4.79 Å². The number of thioether (sulfide) groups is 1. The van der Waals surface area contributed by atoms with Crippen LogP contribution in [0.4, 0.5) is 0 Å². The summed E-state index contributed by atoms with van der Waals surface area (Å²) in [7, 11) is 0. The monoisotopic (exact) mass is 557 g/mol. The first kappa shape index (κ1) is 27.4. The summed E-state index contributed by atoms with van der Waals surface area (Å²) in [5.41, 5.74) is 8.06. The molecule has 1 aliphatic heterocycles. The molecule has 0 aliphatic carbocycles. The summed E-state index contributed by atoms with van der Waals surface area (Å²) >= 11 is 1.99. The van der Waals surface area contributed by atoms with Gasteiger partial charge in [0.05, 0.1) is 29.2 Å². The topological polar surface area (TPSA) is 36.4 Å². The molecule has 1 aromatic heterocycles. The van der Waals surface area contributed by atoms with Crippen molar-refractivity contribution >= 4 is 29.0 Å². The minimum absolute atomic E-state index is 0.0438. The minimum atomic E-state index is -0.0438. The fourth-order valence-corrected chi connectivity index (χ4v) is 7.18. The normalized spacial score (nSPS) is 16.6. The first-order valence-corrected chi connectivity index (χ1v) is 15.3. The molecule has 1 saturated heterocycles. The van der Waals surface area contributed by atoms with Gasteiger partial charge >= 0.3 is 0 Å². The molecule has 4 aromatic carbocycles. The van der Waals surface area contributed by atoms with Crippen LogP contribution in [0, 0.1) is 6.92 Å². The number of hydrogen-bond donors (Lipinski definition) is 0. The predicted molar refractivity (Wildman–Crippen MR) is 171 cm³/mol. The first-order chi connectivity index (χ1) is 20.2. The van der Waals surface area contributed by atoms with Gasteiger partial charge in [-0.1, -0.05) is 103 Å². The van der Waals surface area contributed by atoms with E-state index in [1.54, 1.807) is 0 Å². The molecule has 0 N–H and O–H groups in total. The standard InChI is InChI=1S/C36H35N3OS/c1-27-17-18-33-31(23-27)24-32(35(37-33)29-13-7-3-8-14-29)36(30-15-9-4-10-16-30)39(25-28-11-5-2-6-12-28)34-26-38(19-21-40)20-22-41-34/h2-18,21,23-24,34,36H,19-20,22,25-26H2,1H3. The van der Waals surface area contributed by atoms with Crippen LogP contribution >= 0.6 is 11.8 Å². The second kappa shape index (κ2) is 12.8. The Kier molecular flexibility index (Phi) is 8.57. The summed E-state index contributed by atoms with van der Waals surface area (Å²) in [6.45, 7) is 5.16. The van der Waals surface area contributed by atoms with Crippen LogP contribution in [0.1, 0.15) is 28.3 Å². The maximum Gasteiger partial charge on any atom is 0.133 e. The number of aromatic nitrogens is 1. The zero-order valence-electron chi connectivity index (χ0n) is 23.4. The molecule has 0 spiro atoms.